The summed E-state index contributed by atoms with van der Waals surface area (Å²) in [6.45, 7) is 3.55. The zero-order chi connectivity index (χ0) is 21.8. The molecule has 1 aliphatic rings. The van der Waals surface area contributed by atoms with Crippen LogP contribution in [-0.4, -0.2) is 50.9 Å². The summed E-state index contributed by atoms with van der Waals surface area (Å²) in [6, 6.07) is 6.60. The molecule has 0 bridgehead atoms. The van der Waals surface area contributed by atoms with Gasteiger partial charge in [0.25, 0.3) is 5.91 Å². The Balaban J connectivity index is 1.24. The molecule has 0 spiro atoms. The molecule has 1 aliphatic heterocycles. The highest BCUT2D eigenvalue weighted by molar-refractivity contribution is 5.99. The number of nitrogens with zero attached hydrogens (tertiary/aromatic N) is 4. The standard InChI is InChI=1S/C23H26FN5O2/c1-16-13-26-22-19(14-27-29(22)15-16)23(31)28-10-7-17(8-11-28)12-21(30)25-9-6-18-4-2-3-5-20(18)24/h2-5,13-15,17H,6-12H2,1H3,(H,25,30). The first kappa shape index (κ1) is 21.0. The molecule has 2 amide bonds. The maximum Gasteiger partial charge on any atom is 0.259 e. The van der Waals surface area contributed by atoms with Crippen LogP contribution in [0.3, 0.4) is 0 Å². The molecule has 1 N–H and O–H groups in total. The fraction of sp³-hybridized carbons (Fsp3) is 0.391. The molecule has 1 aromatic carbocycles. The number of hydrogen-bond acceptors (Lipinski definition) is 4. The Morgan fingerprint density at radius 2 is 1.97 bits per heavy atom. The van der Waals surface area contributed by atoms with Gasteiger partial charge in [-0.2, -0.15) is 5.10 Å². The Morgan fingerprint density at radius 1 is 1.19 bits per heavy atom. The zero-order valence-electron chi connectivity index (χ0n) is 17.6. The number of hydrogen-bond donors (Lipinski definition) is 1. The first-order chi connectivity index (χ1) is 15.0. The Kier molecular flexibility index (Phi) is 6.25. The molecular weight excluding hydrogens is 397 g/mol. The van der Waals surface area contributed by atoms with Crippen LogP contribution in [0.1, 0.15) is 40.7 Å². The Labute approximate surface area is 180 Å². The van der Waals surface area contributed by atoms with Crippen LogP contribution in [-0.2, 0) is 11.2 Å². The number of likely N-dealkylation sites (tertiary alicyclic amines) is 1. The van der Waals surface area contributed by atoms with Crippen LogP contribution in [0.4, 0.5) is 4.39 Å². The molecule has 3 aromatic rings. The largest absolute Gasteiger partial charge is 0.356 e. The minimum atomic E-state index is -0.245. The normalized spacial score (nSPS) is 14.7. The van der Waals surface area contributed by atoms with Crippen molar-refractivity contribution in [2.75, 3.05) is 19.6 Å². The van der Waals surface area contributed by atoms with Gasteiger partial charge in [-0.15, -0.1) is 0 Å². The van der Waals surface area contributed by atoms with Crippen molar-refractivity contribution >= 4 is 17.5 Å². The van der Waals surface area contributed by atoms with E-state index in [9.17, 15) is 14.0 Å². The summed E-state index contributed by atoms with van der Waals surface area (Å²) in [7, 11) is 0. The summed E-state index contributed by atoms with van der Waals surface area (Å²) in [4.78, 5) is 31.3. The van der Waals surface area contributed by atoms with Gasteiger partial charge in [-0.1, -0.05) is 18.2 Å². The van der Waals surface area contributed by atoms with E-state index in [-0.39, 0.29) is 23.5 Å². The second-order valence-electron chi connectivity index (χ2n) is 8.09. The van der Waals surface area contributed by atoms with E-state index in [1.54, 1.807) is 35.1 Å². The lowest BCUT2D eigenvalue weighted by Gasteiger charge is -2.31. The van der Waals surface area contributed by atoms with Crippen molar-refractivity contribution in [3.05, 3.63) is 65.4 Å². The van der Waals surface area contributed by atoms with Gasteiger partial charge in [0.15, 0.2) is 5.65 Å². The highest BCUT2D eigenvalue weighted by atomic mass is 19.1. The molecule has 0 saturated carbocycles. The van der Waals surface area contributed by atoms with E-state index in [0.717, 1.165) is 18.4 Å². The maximum atomic E-state index is 13.6. The topological polar surface area (TPSA) is 79.6 Å². The summed E-state index contributed by atoms with van der Waals surface area (Å²) in [5.74, 6) is -0.102. The van der Waals surface area contributed by atoms with Gasteiger partial charge in [0.2, 0.25) is 5.91 Å². The van der Waals surface area contributed by atoms with Gasteiger partial charge in [0.05, 0.1) is 6.20 Å². The van der Waals surface area contributed by atoms with E-state index in [1.165, 1.54) is 6.07 Å². The Hall–Kier alpha value is -3.29. The minimum absolute atomic E-state index is 0.0247. The van der Waals surface area contributed by atoms with E-state index in [0.29, 0.717) is 49.2 Å². The number of rotatable bonds is 6. The highest BCUT2D eigenvalue weighted by Gasteiger charge is 2.27. The molecule has 1 saturated heterocycles. The molecule has 1 fully saturated rings. The monoisotopic (exact) mass is 423 g/mol. The van der Waals surface area contributed by atoms with E-state index in [4.69, 9.17) is 0 Å². The average molecular weight is 423 g/mol. The van der Waals surface area contributed by atoms with Crippen molar-refractivity contribution in [3.8, 4) is 0 Å². The number of aromatic nitrogens is 3. The van der Waals surface area contributed by atoms with Crippen LogP contribution in [0, 0.1) is 18.7 Å². The average Bonchev–Trinajstić information content (AvgIpc) is 3.18. The summed E-state index contributed by atoms with van der Waals surface area (Å²) in [5.41, 5.74) is 2.64. The third-order valence-electron chi connectivity index (χ3n) is 5.77. The van der Waals surface area contributed by atoms with Gasteiger partial charge in [-0.05, 0) is 49.3 Å². The van der Waals surface area contributed by atoms with Crippen molar-refractivity contribution in [3.63, 3.8) is 0 Å². The molecule has 3 heterocycles. The van der Waals surface area contributed by atoms with E-state index in [1.807, 2.05) is 18.0 Å². The minimum Gasteiger partial charge on any atom is -0.356 e. The van der Waals surface area contributed by atoms with Gasteiger partial charge in [0.1, 0.15) is 11.4 Å². The maximum absolute atomic E-state index is 13.6. The molecule has 31 heavy (non-hydrogen) atoms. The van der Waals surface area contributed by atoms with Crippen LogP contribution in [0.15, 0.2) is 42.9 Å². The lowest BCUT2D eigenvalue weighted by atomic mass is 9.93. The second-order valence-corrected chi connectivity index (χ2v) is 8.09. The van der Waals surface area contributed by atoms with Crippen LogP contribution in [0.25, 0.3) is 5.65 Å². The number of aryl methyl sites for hydroxylation is 1. The molecule has 4 rings (SSSR count). The predicted molar refractivity (Wildman–Crippen MR) is 114 cm³/mol. The SMILES string of the molecule is Cc1cnc2c(C(=O)N3CCC(CC(=O)NCCc4ccccc4F)CC3)cnn2c1. The van der Waals surface area contributed by atoms with Gasteiger partial charge in [-0.25, -0.2) is 13.9 Å². The zero-order valence-corrected chi connectivity index (χ0v) is 17.6. The quantitative estimate of drug-likeness (QED) is 0.661. The number of nitrogens with one attached hydrogen (secondary N) is 1. The molecule has 8 heteroatoms. The predicted octanol–water partition coefficient (Wildman–Crippen LogP) is 2.78. The smallest absolute Gasteiger partial charge is 0.259 e. The molecule has 0 radical (unpaired) electrons. The van der Waals surface area contributed by atoms with Gasteiger partial charge in [-0.3, -0.25) is 9.59 Å². The summed E-state index contributed by atoms with van der Waals surface area (Å²) in [6.07, 6.45) is 7.59. The number of carbonyl (C=O) groups excluding carboxylic acids is 2. The van der Waals surface area contributed by atoms with E-state index >= 15 is 0 Å². The molecule has 0 unspecified atom stereocenters. The first-order valence-electron chi connectivity index (χ1n) is 10.6. The van der Waals surface area contributed by atoms with Crippen LogP contribution < -0.4 is 5.32 Å². The van der Waals surface area contributed by atoms with E-state index in [2.05, 4.69) is 15.4 Å². The number of fused-ring (bicyclic) bond motifs is 1. The molecule has 0 atom stereocenters. The third-order valence-corrected chi connectivity index (χ3v) is 5.77. The van der Waals surface area contributed by atoms with E-state index < -0.39 is 0 Å². The lowest BCUT2D eigenvalue weighted by molar-refractivity contribution is -0.122. The second kappa shape index (κ2) is 9.24. The van der Waals surface area contributed by atoms with Crippen molar-refractivity contribution < 1.29 is 14.0 Å². The van der Waals surface area contributed by atoms with Crippen LogP contribution in [0.2, 0.25) is 0 Å². The first-order valence-corrected chi connectivity index (χ1v) is 10.6. The summed E-state index contributed by atoms with van der Waals surface area (Å²) >= 11 is 0. The summed E-state index contributed by atoms with van der Waals surface area (Å²) < 4.78 is 15.3. The molecule has 7 nitrogen and oxygen atoms in total. The van der Waals surface area contributed by atoms with Crippen molar-refractivity contribution in [2.24, 2.45) is 5.92 Å². The Morgan fingerprint density at radius 3 is 2.74 bits per heavy atom. The highest BCUT2D eigenvalue weighted by Crippen LogP contribution is 2.23. The number of amides is 2. The molecular formula is C23H26FN5O2. The lowest BCUT2D eigenvalue weighted by Crippen LogP contribution is -2.39. The van der Waals surface area contributed by atoms with Crippen molar-refractivity contribution in [1.29, 1.82) is 0 Å². The molecule has 162 valence electrons. The number of halogens is 1. The van der Waals surface area contributed by atoms with Crippen molar-refractivity contribution in [2.45, 2.75) is 32.6 Å². The third kappa shape index (κ3) is 4.90. The molecule has 2 aromatic heterocycles. The number of piperidine rings is 1. The van der Waals surface area contributed by atoms with Gasteiger partial charge < -0.3 is 10.2 Å². The van der Waals surface area contributed by atoms with Gasteiger partial charge in [0, 0.05) is 38.4 Å². The number of carbonyl (C=O) groups is 2. The van der Waals surface area contributed by atoms with Crippen molar-refractivity contribution in [1.82, 2.24) is 24.8 Å². The summed E-state index contributed by atoms with van der Waals surface area (Å²) in [5, 5.41) is 7.12. The Bertz CT molecular complexity index is 1090. The number of benzene rings is 1. The fourth-order valence-electron chi connectivity index (χ4n) is 4.00. The fourth-order valence-corrected chi connectivity index (χ4v) is 4.00. The molecule has 0 aliphatic carbocycles. The van der Waals surface area contributed by atoms with Crippen LogP contribution >= 0.6 is 0 Å². The van der Waals surface area contributed by atoms with Crippen LogP contribution in [0.5, 0.6) is 0 Å². The van der Waals surface area contributed by atoms with Gasteiger partial charge >= 0.3 is 0 Å².